The van der Waals surface area contributed by atoms with E-state index < -0.39 is 5.97 Å². The predicted octanol–water partition coefficient (Wildman–Crippen LogP) is 4.85. The van der Waals surface area contributed by atoms with Crippen LogP contribution in [-0.4, -0.2) is 17.0 Å². The lowest BCUT2D eigenvalue weighted by Gasteiger charge is -2.14. The highest BCUT2D eigenvalue weighted by molar-refractivity contribution is 7.16. The Morgan fingerprint density at radius 2 is 1.62 bits per heavy atom. The minimum atomic E-state index is -0.949. The number of aryl methyl sites for hydroxylation is 2. The summed E-state index contributed by atoms with van der Waals surface area (Å²) in [5.74, 6) is -1.19. The minimum absolute atomic E-state index is 0.244. The molecule has 0 saturated carbocycles. The van der Waals surface area contributed by atoms with Crippen LogP contribution in [0, 0.1) is 13.8 Å². The van der Waals surface area contributed by atoms with Crippen LogP contribution in [0.15, 0.2) is 12.1 Å². The van der Waals surface area contributed by atoms with Crippen LogP contribution in [-0.2, 0) is 12.8 Å². The average molecular weight is 364 g/mol. The number of rotatable bonds is 3. The number of carboxylic acids is 1. The smallest absolute Gasteiger partial charge is 0.346 e. The fourth-order valence-electron chi connectivity index (χ4n) is 3.19. The Morgan fingerprint density at radius 1 is 1.08 bits per heavy atom. The molecule has 1 aliphatic rings. The molecule has 6 heteroatoms. The van der Waals surface area contributed by atoms with Gasteiger partial charge in [0.1, 0.15) is 4.88 Å². The summed E-state index contributed by atoms with van der Waals surface area (Å²) in [4.78, 5) is 25.0. The van der Waals surface area contributed by atoms with Crippen LogP contribution >= 0.6 is 22.9 Å². The van der Waals surface area contributed by atoms with E-state index in [9.17, 15) is 14.7 Å². The number of hydrogen-bond acceptors (Lipinski definition) is 3. The molecule has 1 aliphatic carbocycles. The van der Waals surface area contributed by atoms with E-state index in [0.717, 1.165) is 59.3 Å². The van der Waals surface area contributed by atoms with Crippen molar-refractivity contribution in [3.8, 4) is 0 Å². The quantitative estimate of drug-likeness (QED) is 0.819. The van der Waals surface area contributed by atoms with Gasteiger partial charge in [0.25, 0.3) is 5.91 Å². The SMILES string of the molecule is Cc1cc(NC(=O)c2sc(C(=O)O)c3c2CCCC3)cc(C)c1Cl. The van der Waals surface area contributed by atoms with Crippen molar-refractivity contribution >= 4 is 40.5 Å². The number of aromatic carboxylic acids is 1. The summed E-state index contributed by atoms with van der Waals surface area (Å²) in [6, 6.07) is 3.65. The maximum atomic E-state index is 12.7. The second-order valence-electron chi connectivity index (χ2n) is 6.11. The van der Waals surface area contributed by atoms with Crippen molar-refractivity contribution in [2.24, 2.45) is 0 Å². The number of hydrogen-bond donors (Lipinski definition) is 2. The monoisotopic (exact) mass is 363 g/mol. The maximum Gasteiger partial charge on any atom is 0.346 e. The van der Waals surface area contributed by atoms with Gasteiger partial charge in [-0.05, 0) is 73.9 Å². The van der Waals surface area contributed by atoms with Crippen molar-refractivity contribution in [1.29, 1.82) is 0 Å². The summed E-state index contributed by atoms with van der Waals surface area (Å²) in [6.07, 6.45) is 3.46. The highest BCUT2D eigenvalue weighted by atomic mass is 35.5. The van der Waals surface area contributed by atoms with Gasteiger partial charge >= 0.3 is 5.97 Å². The zero-order valence-corrected chi connectivity index (χ0v) is 15.1. The molecule has 0 spiro atoms. The first-order valence-electron chi connectivity index (χ1n) is 7.84. The van der Waals surface area contributed by atoms with E-state index in [2.05, 4.69) is 5.32 Å². The van der Waals surface area contributed by atoms with Gasteiger partial charge in [-0.2, -0.15) is 0 Å². The fourth-order valence-corrected chi connectivity index (χ4v) is 4.43. The summed E-state index contributed by atoms with van der Waals surface area (Å²) in [5, 5.41) is 13.0. The minimum Gasteiger partial charge on any atom is -0.477 e. The molecule has 0 bridgehead atoms. The second kappa shape index (κ2) is 6.57. The third kappa shape index (κ3) is 3.06. The molecule has 0 saturated heterocycles. The Morgan fingerprint density at radius 3 is 2.17 bits per heavy atom. The first-order chi connectivity index (χ1) is 11.4. The van der Waals surface area contributed by atoms with Gasteiger partial charge in [-0.25, -0.2) is 4.79 Å². The Labute approximate surface area is 149 Å². The second-order valence-corrected chi connectivity index (χ2v) is 7.51. The average Bonchev–Trinajstić information content (AvgIpc) is 2.92. The molecule has 1 aromatic carbocycles. The van der Waals surface area contributed by atoms with Gasteiger partial charge in [-0.15, -0.1) is 11.3 Å². The van der Waals surface area contributed by atoms with E-state index in [0.29, 0.717) is 20.5 Å². The number of thiophene rings is 1. The molecule has 1 amide bonds. The van der Waals surface area contributed by atoms with Gasteiger partial charge in [0.15, 0.2) is 0 Å². The highest BCUT2D eigenvalue weighted by Crippen LogP contribution is 2.35. The summed E-state index contributed by atoms with van der Waals surface area (Å²) in [7, 11) is 0. The number of amides is 1. The van der Waals surface area contributed by atoms with E-state index in [-0.39, 0.29) is 5.91 Å². The molecule has 126 valence electrons. The lowest BCUT2D eigenvalue weighted by atomic mass is 9.92. The summed E-state index contributed by atoms with van der Waals surface area (Å²) < 4.78 is 0. The topological polar surface area (TPSA) is 66.4 Å². The van der Waals surface area contributed by atoms with Crippen molar-refractivity contribution in [2.75, 3.05) is 5.32 Å². The first kappa shape index (κ1) is 17.0. The van der Waals surface area contributed by atoms with E-state index in [4.69, 9.17) is 11.6 Å². The van der Waals surface area contributed by atoms with Gasteiger partial charge in [0.05, 0.1) is 4.88 Å². The number of carboxylic acid groups (broad SMARTS) is 1. The van der Waals surface area contributed by atoms with Crippen LogP contribution in [0.3, 0.4) is 0 Å². The predicted molar refractivity (Wildman–Crippen MR) is 96.8 cm³/mol. The molecule has 0 atom stereocenters. The number of nitrogens with one attached hydrogen (secondary N) is 1. The fraction of sp³-hybridized carbons (Fsp3) is 0.333. The van der Waals surface area contributed by atoms with Gasteiger partial charge in [0.2, 0.25) is 0 Å². The Kier molecular flexibility index (Phi) is 4.65. The van der Waals surface area contributed by atoms with Crippen LogP contribution in [0.2, 0.25) is 5.02 Å². The highest BCUT2D eigenvalue weighted by Gasteiger charge is 2.27. The number of halogens is 1. The molecule has 24 heavy (non-hydrogen) atoms. The molecule has 0 radical (unpaired) electrons. The number of benzene rings is 1. The molecule has 0 aliphatic heterocycles. The Hall–Kier alpha value is -1.85. The van der Waals surface area contributed by atoms with E-state index in [1.165, 1.54) is 0 Å². The Bertz CT molecular complexity index is 818. The van der Waals surface area contributed by atoms with Crippen molar-refractivity contribution in [3.63, 3.8) is 0 Å². The van der Waals surface area contributed by atoms with E-state index in [1.807, 2.05) is 26.0 Å². The molecule has 0 fully saturated rings. The normalized spacial score (nSPS) is 13.5. The van der Waals surface area contributed by atoms with Crippen molar-refractivity contribution < 1.29 is 14.7 Å². The van der Waals surface area contributed by atoms with Gasteiger partial charge in [-0.3, -0.25) is 4.79 Å². The van der Waals surface area contributed by atoms with Gasteiger partial charge in [0, 0.05) is 10.7 Å². The third-order valence-electron chi connectivity index (χ3n) is 4.31. The van der Waals surface area contributed by atoms with Crippen molar-refractivity contribution in [2.45, 2.75) is 39.5 Å². The van der Waals surface area contributed by atoms with Crippen LogP contribution in [0.5, 0.6) is 0 Å². The number of anilines is 1. The molecular weight excluding hydrogens is 346 g/mol. The van der Waals surface area contributed by atoms with E-state index in [1.54, 1.807) is 0 Å². The van der Waals surface area contributed by atoms with Gasteiger partial charge < -0.3 is 10.4 Å². The molecule has 1 heterocycles. The third-order valence-corrected chi connectivity index (χ3v) is 6.17. The Balaban J connectivity index is 1.95. The zero-order chi connectivity index (χ0) is 17.4. The van der Waals surface area contributed by atoms with Crippen LogP contribution in [0.4, 0.5) is 5.69 Å². The number of fused-ring (bicyclic) bond motifs is 1. The summed E-state index contributed by atoms with van der Waals surface area (Å²) in [5.41, 5.74) is 4.21. The molecule has 1 aromatic heterocycles. The lowest BCUT2D eigenvalue weighted by molar-refractivity contribution is 0.0700. The van der Waals surface area contributed by atoms with Gasteiger partial charge in [-0.1, -0.05) is 11.6 Å². The zero-order valence-electron chi connectivity index (χ0n) is 13.5. The number of carbonyl (C=O) groups excluding carboxylic acids is 1. The molecule has 0 unspecified atom stereocenters. The molecule has 3 rings (SSSR count). The lowest BCUT2D eigenvalue weighted by Crippen LogP contribution is -2.14. The summed E-state index contributed by atoms with van der Waals surface area (Å²) >= 11 is 7.24. The molecular formula is C18H18ClNO3S. The first-order valence-corrected chi connectivity index (χ1v) is 9.04. The standard InChI is InChI=1S/C18H18ClNO3S/c1-9-7-11(8-10(2)14(9)19)20-17(21)15-12-5-3-4-6-13(12)16(24-15)18(22)23/h7-8H,3-6H2,1-2H3,(H,20,21)(H,22,23). The van der Waals surface area contributed by atoms with Crippen LogP contribution in [0.1, 0.15) is 54.4 Å². The number of carbonyl (C=O) groups is 2. The molecule has 2 aromatic rings. The molecule has 2 N–H and O–H groups in total. The van der Waals surface area contributed by atoms with E-state index >= 15 is 0 Å². The van der Waals surface area contributed by atoms with Crippen LogP contribution in [0.25, 0.3) is 0 Å². The van der Waals surface area contributed by atoms with Crippen LogP contribution < -0.4 is 5.32 Å². The van der Waals surface area contributed by atoms with Crippen molar-refractivity contribution in [3.05, 3.63) is 49.2 Å². The van der Waals surface area contributed by atoms with Crippen molar-refractivity contribution in [1.82, 2.24) is 0 Å². The summed E-state index contributed by atoms with van der Waals surface area (Å²) in [6.45, 7) is 3.78. The maximum absolute atomic E-state index is 12.7. The molecule has 4 nitrogen and oxygen atoms in total. The largest absolute Gasteiger partial charge is 0.477 e.